The van der Waals surface area contributed by atoms with E-state index in [1.807, 2.05) is 0 Å². The van der Waals surface area contributed by atoms with Gasteiger partial charge >= 0.3 is 0 Å². The van der Waals surface area contributed by atoms with Gasteiger partial charge in [-0.1, -0.05) is 48.5 Å². The van der Waals surface area contributed by atoms with E-state index < -0.39 is 0 Å². The number of nitrogens with one attached hydrogen (secondary N) is 1. The fraction of sp³-hybridized carbons (Fsp3) is 0.455. The molecule has 132 valence electrons. The minimum absolute atomic E-state index is 0.590. The van der Waals surface area contributed by atoms with E-state index in [1.165, 1.54) is 30.6 Å². The predicted octanol–water partition coefficient (Wildman–Crippen LogP) is 3.17. The molecule has 2 unspecified atom stereocenters. The lowest BCUT2D eigenvalue weighted by Gasteiger charge is -2.42. The minimum Gasteiger partial charge on any atom is -0.367 e. The molecule has 2 aliphatic rings. The molecule has 2 heterocycles. The van der Waals surface area contributed by atoms with Crippen molar-refractivity contribution in [2.45, 2.75) is 31.3 Å². The van der Waals surface area contributed by atoms with Crippen LogP contribution in [0, 0.1) is 0 Å². The summed E-state index contributed by atoms with van der Waals surface area (Å²) in [5, 5.41) is 3.51. The van der Waals surface area contributed by atoms with Crippen LogP contribution >= 0.6 is 0 Å². The number of rotatable bonds is 5. The molecule has 25 heavy (non-hydrogen) atoms. The molecule has 2 aromatic rings. The maximum absolute atomic E-state index is 3.51. The Hall–Kier alpha value is -1.84. The summed E-state index contributed by atoms with van der Waals surface area (Å²) in [4.78, 5) is 5.39. The molecule has 2 aliphatic heterocycles. The van der Waals surface area contributed by atoms with E-state index in [9.17, 15) is 0 Å². The maximum Gasteiger partial charge on any atom is 0.0449 e. The molecule has 2 saturated heterocycles. The van der Waals surface area contributed by atoms with E-state index in [-0.39, 0.29) is 0 Å². The molecule has 3 nitrogen and oxygen atoms in total. The third kappa shape index (κ3) is 3.88. The van der Waals surface area contributed by atoms with Gasteiger partial charge in [0.15, 0.2) is 0 Å². The molecule has 0 bridgehead atoms. The lowest BCUT2D eigenvalue weighted by molar-refractivity contribution is 0.150. The largest absolute Gasteiger partial charge is 0.367 e. The first-order valence-corrected chi connectivity index (χ1v) is 9.72. The molecular weight excluding hydrogens is 306 g/mol. The van der Waals surface area contributed by atoms with Crippen molar-refractivity contribution in [3.63, 3.8) is 0 Å². The molecule has 2 atom stereocenters. The number of piperazine rings is 1. The van der Waals surface area contributed by atoms with Gasteiger partial charge in [-0.2, -0.15) is 0 Å². The first-order valence-electron chi connectivity index (χ1n) is 9.72. The summed E-state index contributed by atoms with van der Waals surface area (Å²) in [5.41, 5.74) is 2.85. The molecule has 0 aromatic heterocycles. The van der Waals surface area contributed by atoms with Crippen molar-refractivity contribution < 1.29 is 0 Å². The van der Waals surface area contributed by atoms with Crippen LogP contribution in [0.1, 0.15) is 18.4 Å². The van der Waals surface area contributed by atoms with Crippen LogP contribution in [-0.2, 0) is 6.42 Å². The molecule has 2 fully saturated rings. The van der Waals surface area contributed by atoms with Crippen LogP contribution in [0.5, 0.6) is 0 Å². The third-order valence-corrected chi connectivity index (χ3v) is 5.74. The first-order chi connectivity index (χ1) is 12.4. The molecule has 2 aromatic carbocycles. The van der Waals surface area contributed by atoms with Crippen LogP contribution in [-0.4, -0.2) is 49.7 Å². The Labute approximate surface area is 151 Å². The smallest absolute Gasteiger partial charge is 0.0449 e. The third-order valence-electron chi connectivity index (χ3n) is 5.74. The van der Waals surface area contributed by atoms with E-state index in [0.717, 1.165) is 32.6 Å². The van der Waals surface area contributed by atoms with Gasteiger partial charge in [0.25, 0.3) is 0 Å². The van der Waals surface area contributed by atoms with Gasteiger partial charge in [0.1, 0.15) is 0 Å². The van der Waals surface area contributed by atoms with Crippen molar-refractivity contribution in [1.29, 1.82) is 0 Å². The molecule has 0 amide bonds. The Kier molecular flexibility index (Phi) is 5.34. The fourth-order valence-corrected chi connectivity index (χ4v) is 4.51. The Morgan fingerprint density at radius 3 is 2.28 bits per heavy atom. The summed E-state index contributed by atoms with van der Waals surface area (Å²) < 4.78 is 0. The van der Waals surface area contributed by atoms with Gasteiger partial charge < -0.3 is 10.2 Å². The first kappa shape index (κ1) is 16.6. The highest BCUT2D eigenvalue weighted by atomic mass is 15.3. The van der Waals surface area contributed by atoms with E-state index in [2.05, 4.69) is 75.8 Å². The van der Waals surface area contributed by atoms with Crippen LogP contribution in [0.25, 0.3) is 0 Å². The molecule has 0 spiro atoms. The highest BCUT2D eigenvalue weighted by Crippen LogP contribution is 2.30. The lowest BCUT2D eigenvalue weighted by Crippen LogP contribution is -2.56. The topological polar surface area (TPSA) is 18.5 Å². The van der Waals surface area contributed by atoms with Gasteiger partial charge in [-0.25, -0.2) is 0 Å². The average Bonchev–Trinajstić information content (AvgIpc) is 3.18. The second kappa shape index (κ2) is 8.03. The highest BCUT2D eigenvalue weighted by Gasteiger charge is 2.35. The number of hydrogen-bond donors (Lipinski definition) is 1. The average molecular weight is 335 g/mol. The summed E-state index contributed by atoms with van der Waals surface area (Å²) in [6.45, 7) is 5.74. The Morgan fingerprint density at radius 2 is 1.56 bits per heavy atom. The SMILES string of the molecule is c1ccc(CC(C2CCCN2c2ccccc2)N2CCNCC2)cc1. The zero-order chi connectivity index (χ0) is 16.9. The zero-order valence-electron chi connectivity index (χ0n) is 15.0. The Balaban J connectivity index is 1.59. The second-order valence-corrected chi connectivity index (χ2v) is 7.28. The number of anilines is 1. The molecule has 0 saturated carbocycles. The summed E-state index contributed by atoms with van der Waals surface area (Å²) in [5.74, 6) is 0. The number of para-hydroxylation sites is 1. The van der Waals surface area contributed by atoms with Crippen LogP contribution in [0.4, 0.5) is 5.69 Å². The molecule has 1 N–H and O–H groups in total. The van der Waals surface area contributed by atoms with Crippen molar-refractivity contribution in [1.82, 2.24) is 10.2 Å². The lowest BCUT2D eigenvalue weighted by atomic mass is 9.95. The van der Waals surface area contributed by atoms with Gasteiger partial charge in [-0.15, -0.1) is 0 Å². The van der Waals surface area contributed by atoms with E-state index in [0.29, 0.717) is 12.1 Å². The van der Waals surface area contributed by atoms with Gasteiger partial charge in [0.05, 0.1) is 0 Å². The second-order valence-electron chi connectivity index (χ2n) is 7.28. The number of nitrogens with zero attached hydrogens (tertiary/aromatic N) is 2. The van der Waals surface area contributed by atoms with Crippen molar-refractivity contribution in [3.8, 4) is 0 Å². The summed E-state index contributed by atoms with van der Waals surface area (Å²) in [6.07, 6.45) is 3.75. The summed E-state index contributed by atoms with van der Waals surface area (Å²) >= 11 is 0. The monoisotopic (exact) mass is 335 g/mol. The van der Waals surface area contributed by atoms with E-state index in [1.54, 1.807) is 0 Å². The van der Waals surface area contributed by atoms with Crippen molar-refractivity contribution >= 4 is 5.69 Å². The van der Waals surface area contributed by atoms with Gasteiger partial charge in [-0.3, -0.25) is 4.90 Å². The minimum atomic E-state index is 0.590. The standard InChI is InChI=1S/C22H29N3/c1-3-8-19(9-4-1)18-22(24-16-13-23-14-17-24)21-12-7-15-25(21)20-10-5-2-6-11-20/h1-6,8-11,21-23H,7,12-18H2. The van der Waals surface area contributed by atoms with Crippen molar-refractivity contribution in [3.05, 3.63) is 66.2 Å². The summed E-state index contributed by atoms with van der Waals surface area (Å²) in [7, 11) is 0. The number of hydrogen-bond acceptors (Lipinski definition) is 3. The molecular formula is C22H29N3. The van der Waals surface area contributed by atoms with Gasteiger partial charge in [0.2, 0.25) is 0 Å². The zero-order valence-corrected chi connectivity index (χ0v) is 15.0. The predicted molar refractivity (Wildman–Crippen MR) is 105 cm³/mol. The van der Waals surface area contributed by atoms with E-state index in [4.69, 9.17) is 0 Å². The normalized spacial score (nSPS) is 22.9. The highest BCUT2D eigenvalue weighted by molar-refractivity contribution is 5.48. The quantitative estimate of drug-likeness (QED) is 0.905. The van der Waals surface area contributed by atoms with Crippen LogP contribution < -0.4 is 10.2 Å². The van der Waals surface area contributed by atoms with Crippen molar-refractivity contribution in [2.75, 3.05) is 37.6 Å². The van der Waals surface area contributed by atoms with Crippen LogP contribution in [0.3, 0.4) is 0 Å². The fourth-order valence-electron chi connectivity index (χ4n) is 4.51. The number of benzene rings is 2. The van der Waals surface area contributed by atoms with Crippen LogP contribution in [0.2, 0.25) is 0 Å². The molecule has 3 heteroatoms. The summed E-state index contributed by atoms with van der Waals surface area (Å²) in [6, 6.07) is 23.2. The Morgan fingerprint density at radius 1 is 0.880 bits per heavy atom. The maximum atomic E-state index is 3.51. The van der Waals surface area contributed by atoms with Crippen molar-refractivity contribution in [2.24, 2.45) is 0 Å². The molecule has 4 rings (SSSR count). The van der Waals surface area contributed by atoms with Gasteiger partial charge in [-0.05, 0) is 37.0 Å². The van der Waals surface area contributed by atoms with Crippen LogP contribution in [0.15, 0.2) is 60.7 Å². The van der Waals surface area contributed by atoms with E-state index >= 15 is 0 Å². The molecule has 0 aliphatic carbocycles. The molecule has 0 radical (unpaired) electrons. The van der Waals surface area contributed by atoms with Gasteiger partial charge in [0, 0.05) is 50.5 Å². The Bertz CT molecular complexity index is 637.